The summed E-state index contributed by atoms with van der Waals surface area (Å²) < 4.78 is 6.42. The van der Waals surface area contributed by atoms with Gasteiger partial charge in [-0.25, -0.2) is 14.8 Å². The monoisotopic (exact) mass is 465 g/mol. The number of ether oxygens (including phenoxy) is 1. The first-order valence-electron chi connectivity index (χ1n) is 9.13. The van der Waals surface area contributed by atoms with E-state index in [1.54, 1.807) is 36.5 Å². The molecule has 0 aliphatic heterocycles. The molecular formula is C22H20BrN5O2. The van der Waals surface area contributed by atoms with Crippen LogP contribution in [0.15, 0.2) is 59.3 Å². The summed E-state index contributed by atoms with van der Waals surface area (Å²) in [5.74, 6) is 1.51. The highest BCUT2D eigenvalue weighted by Gasteiger charge is 2.15. The summed E-state index contributed by atoms with van der Waals surface area (Å²) in [4.78, 5) is 20.5. The lowest BCUT2D eigenvalue weighted by Gasteiger charge is -2.19. The van der Waals surface area contributed by atoms with Crippen molar-refractivity contribution in [3.05, 3.63) is 70.6 Å². The number of halogens is 1. The van der Waals surface area contributed by atoms with Crippen LogP contribution < -0.4 is 15.4 Å². The molecule has 1 aromatic carbocycles. The maximum atomic E-state index is 12.4. The number of hydrogen-bond donors (Lipinski definition) is 2. The Kier molecular flexibility index (Phi) is 6.33. The molecular weight excluding hydrogens is 446 g/mol. The Morgan fingerprint density at radius 3 is 2.53 bits per heavy atom. The summed E-state index contributed by atoms with van der Waals surface area (Å²) in [6.45, 7) is 6.29. The average molecular weight is 466 g/mol. The third-order valence-corrected chi connectivity index (χ3v) is 4.75. The van der Waals surface area contributed by atoms with Crippen molar-refractivity contribution in [3.8, 4) is 17.6 Å². The van der Waals surface area contributed by atoms with Crippen molar-refractivity contribution in [3.63, 3.8) is 0 Å². The number of amides is 2. The Balaban J connectivity index is 1.67. The molecule has 0 spiro atoms. The number of aromatic nitrogens is 2. The number of nitrogens with one attached hydrogen (secondary N) is 2. The lowest BCUT2D eigenvalue weighted by atomic mass is 9.88. The van der Waals surface area contributed by atoms with Gasteiger partial charge in [-0.1, -0.05) is 20.8 Å². The Labute approximate surface area is 183 Å². The van der Waals surface area contributed by atoms with Crippen molar-refractivity contribution in [2.75, 3.05) is 10.6 Å². The zero-order chi connectivity index (χ0) is 21.7. The van der Waals surface area contributed by atoms with Gasteiger partial charge in [-0.15, -0.1) is 0 Å². The largest absolute Gasteiger partial charge is 0.456 e. The molecule has 2 heterocycles. The maximum absolute atomic E-state index is 12.4. The van der Waals surface area contributed by atoms with Crippen LogP contribution in [0.2, 0.25) is 0 Å². The van der Waals surface area contributed by atoms with Gasteiger partial charge in [0.2, 0.25) is 0 Å². The number of pyridine rings is 2. The molecule has 3 aromatic rings. The second-order valence-electron chi connectivity index (χ2n) is 7.49. The molecule has 0 saturated carbocycles. The van der Waals surface area contributed by atoms with E-state index in [-0.39, 0.29) is 11.1 Å². The average Bonchev–Trinajstić information content (AvgIpc) is 2.70. The molecule has 30 heavy (non-hydrogen) atoms. The number of benzene rings is 1. The Hall–Kier alpha value is -3.44. The minimum Gasteiger partial charge on any atom is -0.456 e. The maximum Gasteiger partial charge on any atom is 0.324 e. The summed E-state index contributed by atoms with van der Waals surface area (Å²) in [6.07, 6.45) is 3.18. The van der Waals surface area contributed by atoms with Gasteiger partial charge in [0.15, 0.2) is 0 Å². The molecule has 152 valence electrons. The van der Waals surface area contributed by atoms with Crippen molar-refractivity contribution in [2.45, 2.75) is 26.2 Å². The summed E-state index contributed by atoms with van der Waals surface area (Å²) in [5.41, 5.74) is 1.88. The molecule has 2 aromatic heterocycles. The minimum absolute atomic E-state index is 0.0423. The number of carbonyl (C=O) groups is 1. The van der Waals surface area contributed by atoms with Crippen LogP contribution in [0.25, 0.3) is 0 Å². The Morgan fingerprint density at radius 2 is 1.83 bits per heavy atom. The predicted molar refractivity (Wildman–Crippen MR) is 119 cm³/mol. The van der Waals surface area contributed by atoms with Gasteiger partial charge in [-0.05, 0) is 63.3 Å². The van der Waals surface area contributed by atoms with E-state index in [1.807, 2.05) is 18.2 Å². The van der Waals surface area contributed by atoms with Crippen LogP contribution in [0.5, 0.6) is 11.5 Å². The highest BCUT2D eigenvalue weighted by atomic mass is 79.9. The number of nitriles is 1. The van der Waals surface area contributed by atoms with Crippen molar-refractivity contribution in [2.24, 2.45) is 0 Å². The zero-order valence-electron chi connectivity index (χ0n) is 16.7. The predicted octanol–water partition coefficient (Wildman–Crippen LogP) is 5.84. The first-order chi connectivity index (χ1) is 14.2. The molecule has 0 saturated heterocycles. The molecule has 2 N–H and O–H groups in total. The quantitative estimate of drug-likeness (QED) is 0.503. The van der Waals surface area contributed by atoms with Crippen molar-refractivity contribution < 1.29 is 9.53 Å². The van der Waals surface area contributed by atoms with E-state index in [1.165, 1.54) is 6.20 Å². The molecule has 8 heteroatoms. The Bertz CT molecular complexity index is 1120. The normalized spacial score (nSPS) is 10.8. The minimum atomic E-state index is -0.401. The molecule has 0 unspecified atom stereocenters. The summed E-state index contributed by atoms with van der Waals surface area (Å²) in [6, 6.07) is 13.7. The van der Waals surface area contributed by atoms with E-state index in [2.05, 4.69) is 57.3 Å². The SMILES string of the molecule is CC(C)(C)c1ccnc(NC(=O)Nc2ccc(Oc3ccnc(C#N)c3)c(Br)c2)c1. The second kappa shape index (κ2) is 8.93. The van der Waals surface area contributed by atoms with E-state index >= 15 is 0 Å². The van der Waals surface area contributed by atoms with Gasteiger partial charge in [0.25, 0.3) is 0 Å². The highest BCUT2D eigenvalue weighted by Crippen LogP contribution is 2.32. The van der Waals surface area contributed by atoms with Gasteiger partial charge in [0.05, 0.1) is 4.47 Å². The van der Waals surface area contributed by atoms with Crippen molar-refractivity contribution in [1.82, 2.24) is 9.97 Å². The Morgan fingerprint density at radius 1 is 1.07 bits per heavy atom. The van der Waals surface area contributed by atoms with E-state index in [9.17, 15) is 4.79 Å². The smallest absolute Gasteiger partial charge is 0.324 e. The van der Waals surface area contributed by atoms with Crippen molar-refractivity contribution >= 4 is 33.5 Å². The molecule has 0 bridgehead atoms. The molecule has 3 rings (SSSR count). The number of rotatable bonds is 4. The zero-order valence-corrected chi connectivity index (χ0v) is 18.3. The van der Waals surface area contributed by atoms with Crippen molar-refractivity contribution in [1.29, 1.82) is 5.26 Å². The van der Waals surface area contributed by atoms with Crippen LogP contribution in [0.1, 0.15) is 32.0 Å². The fraction of sp³-hybridized carbons (Fsp3) is 0.182. The number of nitrogens with zero attached hydrogens (tertiary/aromatic N) is 3. The molecule has 2 amide bonds. The van der Waals surface area contributed by atoms with Gasteiger partial charge < -0.3 is 10.1 Å². The number of anilines is 2. The van der Waals surface area contributed by atoms with Crippen LogP contribution in [0.3, 0.4) is 0 Å². The van der Waals surface area contributed by atoms with E-state index in [4.69, 9.17) is 10.00 Å². The summed E-state index contributed by atoms with van der Waals surface area (Å²) in [5, 5.41) is 14.4. The topological polar surface area (TPSA) is 99.9 Å². The molecule has 0 atom stereocenters. The number of carbonyl (C=O) groups excluding carboxylic acids is 1. The molecule has 0 fully saturated rings. The third-order valence-electron chi connectivity index (χ3n) is 4.13. The summed E-state index contributed by atoms with van der Waals surface area (Å²) in [7, 11) is 0. The van der Waals surface area contributed by atoms with Gasteiger partial charge in [-0.2, -0.15) is 5.26 Å². The fourth-order valence-electron chi connectivity index (χ4n) is 2.57. The van der Waals surface area contributed by atoms with E-state index in [0.717, 1.165) is 5.56 Å². The van der Waals surface area contributed by atoms with E-state index in [0.29, 0.717) is 27.5 Å². The highest BCUT2D eigenvalue weighted by molar-refractivity contribution is 9.10. The van der Waals surface area contributed by atoms with Crippen LogP contribution >= 0.6 is 15.9 Å². The number of hydrogen-bond acceptors (Lipinski definition) is 5. The van der Waals surface area contributed by atoms with Gasteiger partial charge in [-0.3, -0.25) is 5.32 Å². The fourth-order valence-corrected chi connectivity index (χ4v) is 3.03. The summed E-state index contributed by atoms with van der Waals surface area (Å²) >= 11 is 3.44. The molecule has 7 nitrogen and oxygen atoms in total. The lowest BCUT2D eigenvalue weighted by molar-refractivity contribution is 0.262. The van der Waals surface area contributed by atoms with Gasteiger partial charge in [0.1, 0.15) is 29.1 Å². The number of urea groups is 1. The first kappa shape index (κ1) is 21.3. The van der Waals surface area contributed by atoms with E-state index < -0.39 is 6.03 Å². The first-order valence-corrected chi connectivity index (χ1v) is 9.92. The van der Waals surface area contributed by atoms with Crippen LogP contribution in [-0.4, -0.2) is 16.0 Å². The molecule has 0 radical (unpaired) electrons. The molecule has 0 aliphatic rings. The van der Waals surface area contributed by atoms with Crippen LogP contribution in [0, 0.1) is 11.3 Å². The molecule has 0 aliphatic carbocycles. The second-order valence-corrected chi connectivity index (χ2v) is 8.35. The lowest BCUT2D eigenvalue weighted by Crippen LogP contribution is -2.21. The third kappa shape index (κ3) is 5.55. The van der Waals surface area contributed by atoms with Crippen LogP contribution in [-0.2, 0) is 5.41 Å². The van der Waals surface area contributed by atoms with Crippen LogP contribution in [0.4, 0.5) is 16.3 Å². The van der Waals surface area contributed by atoms with Gasteiger partial charge >= 0.3 is 6.03 Å². The van der Waals surface area contributed by atoms with Gasteiger partial charge in [0, 0.05) is 24.1 Å². The standard InChI is InChI=1S/C22H20BrN5O2/c1-22(2,3)14-6-8-26-20(10-14)28-21(29)27-15-4-5-19(18(23)12-15)30-17-7-9-25-16(11-17)13-24/h4-12H,1-3H3,(H2,26,27,28,29).